The Balaban J connectivity index is 1.26. The van der Waals surface area contributed by atoms with Crippen molar-refractivity contribution in [2.24, 2.45) is 11.8 Å². The number of aryl methyl sites for hydroxylation is 1. The molecule has 1 aromatic rings. The van der Waals surface area contributed by atoms with Gasteiger partial charge in [0.2, 0.25) is 11.8 Å². The second-order valence-corrected chi connectivity index (χ2v) is 8.51. The zero-order chi connectivity index (χ0) is 20.4. The number of likely N-dealkylation sites (tertiary alicyclic amines) is 3. The molecule has 1 atom stereocenters. The zero-order valence-corrected chi connectivity index (χ0v) is 17.0. The Kier molecular flexibility index (Phi) is 5.78. The van der Waals surface area contributed by atoms with Crippen molar-refractivity contribution in [3.8, 4) is 0 Å². The number of carbonyl (C=O) groups is 3. The number of carbonyl (C=O) groups excluding carboxylic acids is 3. The minimum atomic E-state index is -0.178. The molecule has 8 heteroatoms. The Labute approximate surface area is 171 Å². The van der Waals surface area contributed by atoms with E-state index in [9.17, 15) is 14.4 Å². The van der Waals surface area contributed by atoms with Gasteiger partial charge < -0.3 is 14.7 Å². The van der Waals surface area contributed by atoms with E-state index in [0.717, 1.165) is 44.5 Å². The monoisotopic (exact) mass is 399 g/mol. The van der Waals surface area contributed by atoms with Crippen molar-refractivity contribution in [1.29, 1.82) is 0 Å². The lowest BCUT2D eigenvalue weighted by atomic mass is 9.96. The minimum absolute atomic E-state index is 0.0792. The van der Waals surface area contributed by atoms with E-state index in [1.165, 1.54) is 6.20 Å². The molecule has 3 fully saturated rings. The van der Waals surface area contributed by atoms with Gasteiger partial charge in [0.1, 0.15) is 5.69 Å². The summed E-state index contributed by atoms with van der Waals surface area (Å²) in [4.78, 5) is 51.5. The fourth-order valence-electron chi connectivity index (χ4n) is 4.61. The minimum Gasteiger partial charge on any atom is -0.342 e. The molecule has 0 aromatic carbocycles. The number of aromatic nitrogens is 2. The molecule has 0 bridgehead atoms. The maximum Gasteiger partial charge on any atom is 0.274 e. The summed E-state index contributed by atoms with van der Waals surface area (Å²) in [7, 11) is 0. The van der Waals surface area contributed by atoms with Gasteiger partial charge in [-0.3, -0.25) is 19.4 Å². The van der Waals surface area contributed by atoms with Crippen molar-refractivity contribution in [2.75, 3.05) is 39.3 Å². The van der Waals surface area contributed by atoms with Crippen molar-refractivity contribution in [3.05, 3.63) is 23.8 Å². The number of rotatable bonds is 4. The summed E-state index contributed by atoms with van der Waals surface area (Å²) in [6.45, 7) is 6.08. The van der Waals surface area contributed by atoms with Gasteiger partial charge in [-0.1, -0.05) is 0 Å². The van der Waals surface area contributed by atoms with Crippen LogP contribution in [0.1, 0.15) is 48.3 Å². The fourth-order valence-corrected chi connectivity index (χ4v) is 4.61. The van der Waals surface area contributed by atoms with E-state index < -0.39 is 0 Å². The van der Waals surface area contributed by atoms with E-state index >= 15 is 0 Å². The third-order valence-corrected chi connectivity index (χ3v) is 6.36. The van der Waals surface area contributed by atoms with Crippen molar-refractivity contribution in [1.82, 2.24) is 24.7 Å². The number of nitrogens with zero attached hydrogens (tertiary/aromatic N) is 5. The predicted molar refractivity (Wildman–Crippen MR) is 106 cm³/mol. The van der Waals surface area contributed by atoms with E-state index in [1.54, 1.807) is 6.20 Å². The largest absolute Gasteiger partial charge is 0.342 e. The molecule has 0 N–H and O–H groups in total. The molecule has 0 spiro atoms. The SMILES string of the molecule is Cc1cnc(C(=O)N2CCC(CN3CC(C(=O)N4CCCC4)CC3=O)CC2)cn1. The molecule has 29 heavy (non-hydrogen) atoms. The lowest BCUT2D eigenvalue weighted by Gasteiger charge is -2.33. The van der Waals surface area contributed by atoms with Crippen molar-refractivity contribution < 1.29 is 14.4 Å². The van der Waals surface area contributed by atoms with Gasteiger partial charge in [0, 0.05) is 51.9 Å². The van der Waals surface area contributed by atoms with Crippen LogP contribution in [-0.4, -0.2) is 81.7 Å². The van der Waals surface area contributed by atoms with Gasteiger partial charge in [-0.15, -0.1) is 0 Å². The average molecular weight is 399 g/mol. The summed E-state index contributed by atoms with van der Waals surface area (Å²) in [6.07, 6.45) is 7.35. The van der Waals surface area contributed by atoms with Crippen LogP contribution in [0.25, 0.3) is 0 Å². The summed E-state index contributed by atoms with van der Waals surface area (Å²) in [5.41, 5.74) is 1.17. The highest BCUT2D eigenvalue weighted by atomic mass is 16.2. The normalized spacial score (nSPS) is 23.1. The lowest BCUT2D eigenvalue weighted by Crippen LogP contribution is -2.42. The predicted octanol–water partition coefficient (Wildman–Crippen LogP) is 1.11. The van der Waals surface area contributed by atoms with Crippen LogP contribution in [0.3, 0.4) is 0 Å². The first-order valence-electron chi connectivity index (χ1n) is 10.7. The highest BCUT2D eigenvalue weighted by Gasteiger charge is 2.38. The number of piperidine rings is 1. The van der Waals surface area contributed by atoms with E-state index in [2.05, 4.69) is 9.97 Å². The zero-order valence-electron chi connectivity index (χ0n) is 17.0. The molecule has 3 aliphatic heterocycles. The Bertz CT molecular complexity index is 767. The van der Waals surface area contributed by atoms with Crippen molar-refractivity contribution in [2.45, 2.75) is 39.0 Å². The molecule has 0 aliphatic carbocycles. The molecule has 3 aliphatic rings. The topological polar surface area (TPSA) is 86.7 Å². The van der Waals surface area contributed by atoms with Crippen LogP contribution in [0, 0.1) is 18.8 Å². The highest BCUT2D eigenvalue weighted by Crippen LogP contribution is 2.26. The average Bonchev–Trinajstić information content (AvgIpc) is 3.39. The lowest BCUT2D eigenvalue weighted by molar-refractivity contribution is -0.134. The maximum absolute atomic E-state index is 12.6. The summed E-state index contributed by atoms with van der Waals surface area (Å²) in [5.74, 6) is 0.355. The van der Waals surface area contributed by atoms with E-state index in [0.29, 0.717) is 44.2 Å². The van der Waals surface area contributed by atoms with Crippen molar-refractivity contribution >= 4 is 17.7 Å². The van der Waals surface area contributed by atoms with Gasteiger partial charge >= 0.3 is 0 Å². The molecular weight excluding hydrogens is 370 g/mol. The van der Waals surface area contributed by atoms with Gasteiger partial charge in [0.15, 0.2) is 0 Å². The molecule has 4 heterocycles. The second kappa shape index (κ2) is 8.47. The van der Waals surface area contributed by atoms with Gasteiger partial charge in [-0.05, 0) is 38.5 Å². The Morgan fingerprint density at radius 1 is 1.03 bits per heavy atom. The molecule has 4 rings (SSSR count). The molecule has 0 radical (unpaired) electrons. The summed E-state index contributed by atoms with van der Waals surface area (Å²) >= 11 is 0. The number of hydrogen-bond acceptors (Lipinski definition) is 5. The van der Waals surface area contributed by atoms with Gasteiger partial charge in [-0.2, -0.15) is 0 Å². The van der Waals surface area contributed by atoms with Crippen LogP contribution in [-0.2, 0) is 9.59 Å². The van der Waals surface area contributed by atoms with Crippen LogP contribution < -0.4 is 0 Å². The summed E-state index contributed by atoms with van der Waals surface area (Å²) in [5, 5.41) is 0. The first-order valence-corrected chi connectivity index (χ1v) is 10.7. The number of amides is 3. The van der Waals surface area contributed by atoms with Gasteiger partial charge in [-0.25, -0.2) is 4.98 Å². The molecule has 156 valence electrons. The van der Waals surface area contributed by atoms with E-state index in [1.807, 2.05) is 21.6 Å². The van der Waals surface area contributed by atoms with Gasteiger partial charge in [0.05, 0.1) is 17.8 Å². The second-order valence-electron chi connectivity index (χ2n) is 8.51. The quantitative estimate of drug-likeness (QED) is 0.757. The first-order chi connectivity index (χ1) is 14.0. The highest BCUT2D eigenvalue weighted by molar-refractivity contribution is 5.92. The molecule has 1 unspecified atom stereocenters. The fraction of sp³-hybridized carbons (Fsp3) is 0.667. The third kappa shape index (κ3) is 4.41. The molecule has 3 saturated heterocycles. The van der Waals surface area contributed by atoms with Crippen LogP contribution in [0.5, 0.6) is 0 Å². The molecule has 8 nitrogen and oxygen atoms in total. The van der Waals surface area contributed by atoms with E-state index in [-0.39, 0.29) is 23.6 Å². The van der Waals surface area contributed by atoms with Crippen molar-refractivity contribution in [3.63, 3.8) is 0 Å². The maximum atomic E-state index is 12.6. The molecule has 3 amide bonds. The molecule has 0 saturated carbocycles. The molecular formula is C21H29N5O3. The smallest absolute Gasteiger partial charge is 0.274 e. The van der Waals surface area contributed by atoms with Crippen LogP contribution in [0.2, 0.25) is 0 Å². The third-order valence-electron chi connectivity index (χ3n) is 6.36. The summed E-state index contributed by atoms with van der Waals surface area (Å²) < 4.78 is 0. The van der Waals surface area contributed by atoms with Crippen LogP contribution in [0.4, 0.5) is 0 Å². The first kappa shape index (κ1) is 19.8. The van der Waals surface area contributed by atoms with Crippen LogP contribution >= 0.6 is 0 Å². The standard InChI is InChI=1S/C21H29N5O3/c1-15-11-23-18(12-22-15)21(29)25-8-4-16(5-9-25)13-26-14-17(10-19(26)27)20(28)24-6-2-3-7-24/h11-12,16-17H,2-10,13-14H2,1H3. The Morgan fingerprint density at radius 2 is 1.76 bits per heavy atom. The molecule has 1 aromatic heterocycles. The van der Waals surface area contributed by atoms with E-state index in [4.69, 9.17) is 0 Å². The van der Waals surface area contributed by atoms with Gasteiger partial charge in [0.25, 0.3) is 5.91 Å². The number of hydrogen-bond donors (Lipinski definition) is 0. The summed E-state index contributed by atoms with van der Waals surface area (Å²) in [6, 6.07) is 0. The Hall–Kier alpha value is -2.51. The Morgan fingerprint density at radius 3 is 2.41 bits per heavy atom. The van der Waals surface area contributed by atoms with Crippen LogP contribution in [0.15, 0.2) is 12.4 Å².